The number of rotatable bonds is 5. The van der Waals surface area contributed by atoms with Gasteiger partial charge in [0.25, 0.3) is 0 Å². The summed E-state index contributed by atoms with van der Waals surface area (Å²) in [7, 11) is 1.85. The first-order chi connectivity index (χ1) is 8.00. The molecule has 0 spiro atoms. The van der Waals surface area contributed by atoms with Gasteiger partial charge in [-0.2, -0.15) is 0 Å². The molecule has 1 unspecified atom stereocenters. The summed E-state index contributed by atoms with van der Waals surface area (Å²) in [4.78, 5) is 24.3. The molecule has 1 aliphatic carbocycles. The largest absolute Gasteiger partial charge is 0.481 e. The Kier molecular flexibility index (Phi) is 5.45. The van der Waals surface area contributed by atoms with Gasteiger partial charge in [-0.25, -0.2) is 0 Å². The summed E-state index contributed by atoms with van der Waals surface area (Å²) in [5, 5.41) is 8.66. The minimum atomic E-state index is -0.828. The highest BCUT2D eigenvalue weighted by molar-refractivity contribution is 5.77. The second-order valence-electron chi connectivity index (χ2n) is 5.20. The van der Waals surface area contributed by atoms with E-state index < -0.39 is 5.97 Å². The number of carbonyl (C=O) groups excluding carboxylic acids is 1. The molecular weight excluding hydrogens is 218 g/mol. The standard InChI is InChI=1S/C13H23NO3/c1-10(9-13(16)17)8-12(15)14(2)11-6-4-3-5-7-11/h10-11H,3-9H2,1-2H3,(H,16,17). The third-order valence-corrected chi connectivity index (χ3v) is 3.56. The first kappa shape index (κ1) is 14.0. The lowest BCUT2D eigenvalue weighted by Gasteiger charge is -2.31. The Morgan fingerprint density at radius 1 is 1.24 bits per heavy atom. The van der Waals surface area contributed by atoms with E-state index in [1.807, 2.05) is 18.9 Å². The number of hydrogen-bond acceptors (Lipinski definition) is 2. The van der Waals surface area contributed by atoms with E-state index in [0.717, 1.165) is 12.8 Å². The van der Waals surface area contributed by atoms with Crippen LogP contribution in [0.3, 0.4) is 0 Å². The molecule has 1 amide bonds. The van der Waals surface area contributed by atoms with E-state index in [9.17, 15) is 9.59 Å². The second-order valence-corrected chi connectivity index (χ2v) is 5.20. The van der Waals surface area contributed by atoms with Crippen molar-refractivity contribution in [3.8, 4) is 0 Å². The fraction of sp³-hybridized carbons (Fsp3) is 0.846. The van der Waals surface area contributed by atoms with Crippen molar-refractivity contribution in [3.05, 3.63) is 0 Å². The quantitative estimate of drug-likeness (QED) is 0.803. The molecule has 0 aromatic rings. The van der Waals surface area contributed by atoms with Crippen molar-refractivity contribution in [2.75, 3.05) is 7.05 Å². The fourth-order valence-corrected chi connectivity index (χ4v) is 2.48. The highest BCUT2D eigenvalue weighted by Gasteiger charge is 2.23. The minimum Gasteiger partial charge on any atom is -0.481 e. The Hall–Kier alpha value is -1.06. The van der Waals surface area contributed by atoms with Gasteiger partial charge < -0.3 is 10.0 Å². The van der Waals surface area contributed by atoms with Gasteiger partial charge in [-0.1, -0.05) is 26.2 Å². The molecule has 0 bridgehead atoms. The molecule has 4 nitrogen and oxygen atoms in total. The highest BCUT2D eigenvalue weighted by Crippen LogP contribution is 2.22. The topological polar surface area (TPSA) is 57.6 Å². The molecule has 1 N–H and O–H groups in total. The smallest absolute Gasteiger partial charge is 0.303 e. The van der Waals surface area contributed by atoms with Crippen LogP contribution in [0.15, 0.2) is 0 Å². The van der Waals surface area contributed by atoms with Gasteiger partial charge in [0.2, 0.25) is 5.91 Å². The average Bonchev–Trinajstić information content (AvgIpc) is 2.28. The number of carbonyl (C=O) groups is 2. The number of amides is 1. The fourth-order valence-electron chi connectivity index (χ4n) is 2.48. The van der Waals surface area contributed by atoms with Crippen LogP contribution < -0.4 is 0 Å². The molecule has 0 heterocycles. The van der Waals surface area contributed by atoms with Crippen LogP contribution in [0.25, 0.3) is 0 Å². The molecule has 1 aliphatic rings. The maximum atomic E-state index is 12.0. The van der Waals surface area contributed by atoms with Crippen LogP contribution >= 0.6 is 0 Å². The Morgan fingerprint density at radius 3 is 2.35 bits per heavy atom. The van der Waals surface area contributed by atoms with Gasteiger partial charge in [0, 0.05) is 25.9 Å². The Bertz CT molecular complexity index is 272. The summed E-state index contributed by atoms with van der Waals surface area (Å²) < 4.78 is 0. The van der Waals surface area contributed by atoms with Crippen molar-refractivity contribution in [2.45, 2.75) is 57.9 Å². The Balaban J connectivity index is 2.37. The molecule has 0 aliphatic heterocycles. The third-order valence-electron chi connectivity index (χ3n) is 3.56. The number of nitrogens with zero attached hydrogens (tertiary/aromatic N) is 1. The molecule has 1 rings (SSSR count). The predicted octanol–water partition coefficient (Wildman–Crippen LogP) is 2.28. The number of hydrogen-bond donors (Lipinski definition) is 1. The molecule has 0 saturated heterocycles. The molecule has 98 valence electrons. The van der Waals surface area contributed by atoms with Crippen LogP contribution in [0.2, 0.25) is 0 Å². The summed E-state index contributed by atoms with van der Waals surface area (Å²) in [6, 6.07) is 0.369. The maximum Gasteiger partial charge on any atom is 0.303 e. The van der Waals surface area contributed by atoms with Crippen molar-refractivity contribution < 1.29 is 14.7 Å². The van der Waals surface area contributed by atoms with Gasteiger partial charge in [-0.15, -0.1) is 0 Å². The Labute approximate surface area is 103 Å². The predicted molar refractivity (Wildman–Crippen MR) is 65.7 cm³/mol. The van der Waals surface area contributed by atoms with Crippen LogP contribution in [0, 0.1) is 5.92 Å². The number of aliphatic carboxylic acids is 1. The zero-order valence-electron chi connectivity index (χ0n) is 10.8. The summed E-state index contributed by atoms with van der Waals surface area (Å²) in [6.07, 6.45) is 6.28. The second kappa shape index (κ2) is 6.62. The van der Waals surface area contributed by atoms with Gasteiger partial charge in [0.1, 0.15) is 0 Å². The molecule has 1 atom stereocenters. The van der Waals surface area contributed by atoms with Gasteiger partial charge in [-0.3, -0.25) is 9.59 Å². The maximum absolute atomic E-state index is 12.0. The van der Waals surface area contributed by atoms with Crippen LogP contribution in [0.1, 0.15) is 51.9 Å². The monoisotopic (exact) mass is 241 g/mol. The van der Waals surface area contributed by atoms with Gasteiger partial charge in [0.15, 0.2) is 0 Å². The zero-order valence-corrected chi connectivity index (χ0v) is 10.8. The lowest BCUT2D eigenvalue weighted by Crippen LogP contribution is -2.39. The molecule has 4 heteroatoms. The van der Waals surface area contributed by atoms with E-state index in [2.05, 4.69) is 0 Å². The van der Waals surface area contributed by atoms with Crippen molar-refractivity contribution in [1.82, 2.24) is 4.90 Å². The lowest BCUT2D eigenvalue weighted by atomic mass is 9.93. The van der Waals surface area contributed by atoms with Gasteiger partial charge >= 0.3 is 5.97 Å². The summed E-state index contributed by atoms with van der Waals surface area (Å²) in [5.74, 6) is -0.817. The van der Waals surface area contributed by atoms with E-state index >= 15 is 0 Å². The van der Waals surface area contributed by atoms with Crippen LogP contribution in [0.4, 0.5) is 0 Å². The molecule has 0 aromatic heterocycles. The normalized spacial score (nSPS) is 18.7. The van der Waals surface area contributed by atoms with E-state index in [0.29, 0.717) is 12.5 Å². The summed E-state index contributed by atoms with van der Waals surface area (Å²) in [6.45, 7) is 1.82. The molecular formula is C13H23NO3. The van der Waals surface area contributed by atoms with Crippen LogP contribution in [0.5, 0.6) is 0 Å². The van der Waals surface area contributed by atoms with E-state index in [1.165, 1.54) is 19.3 Å². The first-order valence-electron chi connectivity index (χ1n) is 6.48. The molecule has 0 aromatic carbocycles. The minimum absolute atomic E-state index is 0.0737. The SMILES string of the molecule is CC(CC(=O)O)CC(=O)N(C)C1CCCCC1. The number of carboxylic acids is 1. The zero-order chi connectivity index (χ0) is 12.8. The molecule has 1 fully saturated rings. The average molecular weight is 241 g/mol. The van der Waals surface area contributed by atoms with Crippen LogP contribution in [-0.4, -0.2) is 35.0 Å². The molecule has 1 saturated carbocycles. The molecule has 0 radical (unpaired) electrons. The van der Waals surface area contributed by atoms with E-state index in [4.69, 9.17) is 5.11 Å². The van der Waals surface area contributed by atoms with E-state index in [-0.39, 0.29) is 18.2 Å². The number of carboxylic acid groups (broad SMARTS) is 1. The Morgan fingerprint density at radius 2 is 1.82 bits per heavy atom. The van der Waals surface area contributed by atoms with Crippen molar-refractivity contribution >= 4 is 11.9 Å². The van der Waals surface area contributed by atoms with Crippen molar-refractivity contribution in [1.29, 1.82) is 0 Å². The molecule has 17 heavy (non-hydrogen) atoms. The van der Waals surface area contributed by atoms with E-state index in [1.54, 1.807) is 0 Å². The van der Waals surface area contributed by atoms with Gasteiger partial charge in [0.05, 0.1) is 0 Å². The lowest BCUT2D eigenvalue weighted by molar-refractivity contribution is -0.138. The third kappa shape index (κ3) is 4.75. The van der Waals surface area contributed by atoms with Crippen LogP contribution in [-0.2, 0) is 9.59 Å². The van der Waals surface area contributed by atoms with Gasteiger partial charge in [-0.05, 0) is 18.8 Å². The first-order valence-corrected chi connectivity index (χ1v) is 6.48. The highest BCUT2D eigenvalue weighted by atomic mass is 16.4. The summed E-state index contributed by atoms with van der Waals surface area (Å²) in [5.41, 5.74) is 0. The van der Waals surface area contributed by atoms with Crippen molar-refractivity contribution in [2.24, 2.45) is 5.92 Å². The summed E-state index contributed by atoms with van der Waals surface area (Å²) >= 11 is 0. The van der Waals surface area contributed by atoms with Crippen molar-refractivity contribution in [3.63, 3.8) is 0 Å².